The van der Waals surface area contributed by atoms with Crippen molar-refractivity contribution in [3.63, 3.8) is 0 Å². The molecular weight excluding hydrogens is 359 g/mol. The zero-order valence-corrected chi connectivity index (χ0v) is 12.7. The number of para-hydroxylation sites is 4. The highest BCUT2D eigenvalue weighted by molar-refractivity contribution is 5.92. The molecule has 136 valence electrons. The molecule has 0 saturated carbocycles. The summed E-state index contributed by atoms with van der Waals surface area (Å²) in [7, 11) is 0. The number of halogens is 3. The van der Waals surface area contributed by atoms with Crippen molar-refractivity contribution in [3.05, 3.63) is 58.6 Å². The average Bonchev–Trinajstić information content (AvgIpc) is 2.94. The number of carbonyl (C=O) groups is 1. The molecule has 8 nitrogen and oxygen atoms in total. The Morgan fingerprint density at radius 1 is 1.04 bits per heavy atom. The average molecular weight is 369 g/mol. The van der Waals surface area contributed by atoms with E-state index >= 15 is 0 Å². The highest BCUT2D eigenvalue weighted by Crippen LogP contribution is 2.44. The molecule has 2 N–H and O–H groups in total. The highest BCUT2D eigenvalue weighted by atomic mass is 19.4. The number of amides is 2. The summed E-state index contributed by atoms with van der Waals surface area (Å²) < 4.78 is 50.0. The molecule has 0 fully saturated rings. The predicted octanol–water partition coefficient (Wildman–Crippen LogP) is 3.40. The molecule has 1 heterocycles. The summed E-state index contributed by atoms with van der Waals surface area (Å²) >= 11 is 0. The Kier molecular flexibility index (Phi) is 4.06. The Hall–Kier alpha value is -3.50. The van der Waals surface area contributed by atoms with Crippen LogP contribution < -0.4 is 20.1 Å². The maximum Gasteiger partial charge on any atom is 0.492 e. The van der Waals surface area contributed by atoms with Crippen LogP contribution in [0.2, 0.25) is 0 Å². The van der Waals surface area contributed by atoms with Gasteiger partial charge < -0.3 is 14.8 Å². The molecule has 0 saturated heterocycles. The van der Waals surface area contributed by atoms with E-state index in [-0.39, 0.29) is 17.2 Å². The SMILES string of the molecule is O=C(Nc1ccccc1[N+](=O)[O-])NC1(C(F)(F)F)Oc2ccccc2O1. The highest BCUT2D eigenvalue weighted by Gasteiger charge is 2.65. The van der Waals surface area contributed by atoms with Crippen LogP contribution in [0.1, 0.15) is 0 Å². The van der Waals surface area contributed by atoms with Crippen molar-refractivity contribution in [3.8, 4) is 11.5 Å². The topological polar surface area (TPSA) is 103 Å². The maximum absolute atomic E-state index is 13.5. The fourth-order valence-electron chi connectivity index (χ4n) is 2.23. The summed E-state index contributed by atoms with van der Waals surface area (Å²) in [6.45, 7) is 0. The van der Waals surface area contributed by atoms with Gasteiger partial charge in [-0.3, -0.25) is 15.4 Å². The Morgan fingerprint density at radius 2 is 1.58 bits per heavy atom. The van der Waals surface area contributed by atoms with Crippen LogP contribution in [0, 0.1) is 10.1 Å². The molecule has 0 bridgehead atoms. The summed E-state index contributed by atoms with van der Waals surface area (Å²) in [5.41, 5.74) is -0.775. The van der Waals surface area contributed by atoms with Gasteiger partial charge in [0.2, 0.25) is 0 Å². The number of nitro benzene ring substituents is 1. The van der Waals surface area contributed by atoms with Gasteiger partial charge in [-0.25, -0.2) is 4.79 Å². The first-order chi connectivity index (χ1) is 12.2. The van der Waals surface area contributed by atoms with Crippen molar-refractivity contribution in [1.82, 2.24) is 5.32 Å². The molecule has 3 rings (SSSR count). The van der Waals surface area contributed by atoms with Crippen molar-refractivity contribution in [2.75, 3.05) is 5.32 Å². The molecule has 1 aliphatic heterocycles. The zero-order chi connectivity index (χ0) is 18.9. The molecule has 2 aromatic carbocycles. The van der Waals surface area contributed by atoms with Crippen molar-refractivity contribution >= 4 is 17.4 Å². The second kappa shape index (κ2) is 6.10. The van der Waals surface area contributed by atoms with Crippen LogP contribution in [0.3, 0.4) is 0 Å². The van der Waals surface area contributed by atoms with Gasteiger partial charge in [0.05, 0.1) is 4.92 Å². The largest absolute Gasteiger partial charge is 0.492 e. The van der Waals surface area contributed by atoms with Gasteiger partial charge in [-0.2, -0.15) is 13.2 Å². The van der Waals surface area contributed by atoms with Gasteiger partial charge in [-0.15, -0.1) is 0 Å². The summed E-state index contributed by atoms with van der Waals surface area (Å²) in [5, 5.41) is 14.5. The van der Waals surface area contributed by atoms with Gasteiger partial charge in [-0.1, -0.05) is 24.3 Å². The normalized spacial score (nSPS) is 14.6. The summed E-state index contributed by atoms with van der Waals surface area (Å²) in [6, 6.07) is 8.93. The molecule has 2 amide bonds. The number of urea groups is 1. The van der Waals surface area contributed by atoms with Crippen LogP contribution in [0.25, 0.3) is 0 Å². The minimum Gasteiger partial charge on any atom is -0.424 e. The smallest absolute Gasteiger partial charge is 0.424 e. The first-order valence-electron chi connectivity index (χ1n) is 7.08. The molecule has 0 spiro atoms. The van der Waals surface area contributed by atoms with Crippen molar-refractivity contribution < 1.29 is 32.4 Å². The number of nitrogens with one attached hydrogen (secondary N) is 2. The Bertz CT molecular complexity index is 847. The maximum atomic E-state index is 13.5. The standard InChI is InChI=1S/C15H10F3N3O5/c16-14(17,18)15(25-11-7-3-4-8-12(11)26-15)20-13(22)19-9-5-1-2-6-10(9)21(23)24/h1-8H,(H2,19,20,22). The van der Waals surface area contributed by atoms with E-state index in [0.29, 0.717) is 0 Å². The molecule has 11 heteroatoms. The number of nitro groups is 1. The number of hydrogen-bond acceptors (Lipinski definition) is 5. The van der Waals surface area contributed by atoms with E-state index in [2.05, 4.69) is 0 Å². The van der Waals surface area contributed by atoms with Crippen LogP contribution in [-0.4, -0.2) is 23.0 Å². The predicted molar refractivity (Wildman–Crippen MR) is 81.7 cm³/mol. The number of fused-ring (bicyclic) bond motifs is 1. The van der Waals surface area contributed by atoms with E-state index in [1.54, 1.807) is 5.32 Å². The molecule has 0 radical (unpaired) electrons. The molecule has 0 atom stereocenters. The third kappa shape index (κ3) is 3.06. The van der Waals surface area contributed by atoms with Gasteiger partial charge in [0.15, 0.2) is 11.5 Å². The lowest BCUT2D eigenvalue weighted by Gasteiger charge is -2.29. The first-order valence-corrected chi connectivity index (χ1v) is 7.08. The lowest BCUT2D eigenvalue weighted by atomic mass is 10.3. The third-order valence-electron chi connectivity index (χ3n) is 3.36. The molecule has 26 heavy (non-hydrogen) atoms. The van der Waals surface area contributed by atoms with E-state index in [9.17, 15) is 28.1 Å². The number of ether oxygens (including phenoxy) is 2. The minimum absolute atomic E-state index is 0.212. The van der Waals surface area contributed by atoms with Crippen LogP contribution >= 0.6 is 0 Å². The van der Waals surface area contributed by atoms with E-state index in [0.717, 1.165) is 6.07 Å². The van der Waals surface area contributed by atoms with E-state index in [1.165, 1.54) is 42.5 Å². The van der Waals surface area contributed by atoms with Gasteiger partial charge >= 0.3 is 18.1 Å². The van der Waals surface area contributed by atoms with E-state index in [4.69, 9.17) is 9.47 Å². The summed E-state index contributed by atoms with van der Waals surface area (Å²) in [6.07, 6.45) is -5.13. The third-order valence-corrected chi connectivity index (χ3v) is 3.36. The molecule has 1 aliphatic rings. The Labute approximate surface area is 143 Å². The number of hydrogen-bond donors (Lipinski definition) is 2. The molecule has 0 unspecified atom stereocenters. The summed E-state index contributed by atoms with van der Waals surface area (Å²) in [4.78, 5) is 22.2. The number of carbonyl (C=O) groups excluding carboxylic acids is 1. The first kappa shape index (κ1) is 17.3. The van der Waals surface area contributed by atoms with E-state index in [1.807, 2.05) is 5.32 Å². The van der Waals surface area contributed by atoms with Crippen LogP contribution in [0.4, 0.5) is 29.3 Å². The van der Waals surface area contributed by atoms with Gasteiger partial charge in [0, 0.05) is 6.07 Å². The fraction of sp³-hybridized carbons (Fsp3) is 0.133. The number of rotatable bonds is 3. The minimum atomic E-state index is -5.13. The quantitative estimate of drug-likeness (QED) is 0.638. The lowest BCUT2D eigenvalue weighted by molar-refractivity contribution is -0.383. The van der Waals surface area contributed by atoms with Crippen molar-refractivity contribution in [2.45, 2.75) is 12.1 Å². The second-order valence-electron chi connectivity index (χ2n) is 5.12. The second-order valence-corrected chi connectivity index (χ2v) is 5.12. The number of alkyl halides is 3. The number of benzene rings is 2. The van der Waals surface area contributed by atoms with Crippen molar-refractivity contribution in [2.24, 2.45) is 0 Å². The molecular formula is C15H10F3N3O5. The van der Waals surface area contributed by atoms with Gasteiger partial charge in [0.1, 0.15) is 5.69 Å². The van der Waals surface area contributed by atoms with Gasteiger partial charge in [0.25, 0.3) is 5.69 Å². The van der Waals surface area contributed by atoms with Crippen molar-refractivity contribution in [1.29, 1.82) is 0 Å². The molecule has 0 aromatic heterocycles. The number of nitrogens with zero attached hydrogens (tertiary/aromatic N) is 1. The van der Waals surface area contributed by atoms with Gasteiger partial charge in [-0.05, 0) is 18.2 Å². The monoisotopic (exact) mass is 369 g/mol. The summed E-state index contributed by atoms with van der Waals surface area (Å²) in [5.74, 6) is -3.88. The number of anilines is 1. The molecule has 2 aromatic rings. The molecule has 0 aliphatic carbocycles. The Morgan fingerprint density at radius 3 is 2.12 bits per heavy atom. The van der Waals surface area contributed by atoms with Crippen LogP contribution in [-0.2, 0) is 0 Å². The van der Waals surface area contributed by atoms with Crippen LogP contribution in [0.15, 0.2) is 48.5 Å². The fourth-order valence-corrected chi connectivity index (χ4v) is 2.23. The van der Waals surface area contributed by atoms with E-state index < -0.39 is 28.7 Å². The zero-order valence-electron chi connectivity index (χ0n) is 12.7. The lowest BCUT2D eigenvalue weighted by Crippen LogP contribution is -2.65. The van der Waals surface area contributed by atoms with Crippen LogP contribution in [0.5, 0.6) is 11.5 Å². The Balaban J connectivity index is 1.84.